The van der Waals surface area contributed by atoms with Crippen LogP contribution in [-0.4, -0.2) is 5.78 Å². The molecule has 0 spiro atoms. The molecule has 4 aromatic carbocycles. The molecule has 4 aromatic rings. The minimum atomic E-state index is -0.343. The summed E-state index contributed by atoms with van der Waals surface area (Å²) in [6.45, 7) is 0. The number of carbonyl (C=O) groups excluding carboxylic acids is 1. The molecular weight excluding hydrogens is 428 g/mol. The molecule has 5 heteroatoms. The number of hydrogen-bond acceptors (Lipinski definition) is 2. The van der Waals surface area contributed by atoms with E-state index in [1.54, 1.807) is 36.4 Å². The summed E-state index contributed by atoms with van der Waals surface area (Å²) < 4.78 is 27.0. The number of Topliss-reactive ketones (excluding diaryl/α,β-unsaturated/α-hetero) is 1. The Morgan fingerprint density at radius 3 is 1.97 bits per heavy atom. The molecule has 1 aliphatic rings. The van der Waals surface area contributed by atoms with Crippen LogP contribution in [0.3, 0.4) is 0 Å². The molecule has 2 nitrogen and oxygen atoms in total. The van der Waals surface area contributed by atoms with Gasteiger partial charge in [0.15, 0.2) is 5.78 Å². The number of fused-ring (bicyclic) bond motifs is 1. The second-order valence-electron chi connectivity index (χ2n) is 7.84. The Morgan fingerprint density at radius 2 is 1.34 bits per heavy atom. The third-order valence-electron chi connectivity index (χ3n) is 5.74. The molecule has 0 aliphatic carbocycles. The van der Waals surface area contributed by atoms with Crippen molar-refractivity contribution in [2.75, 3.05) is 5.32 Å². The lowest BCUT2D eigenvalue weighted by Gasteiger charge is -2.29. The third kappa shape index (κ3) is 3.90. The zero-order valence-corrected chi connectivity index (χ0v) is 17.7. The van der Waals surface area contributed by atoms with E-state index >= 15 is 0 Å². The molecule has 5 rings (SSSR count). The molecule has 1 atom stereocenters. The molecule has 158 valence electrons. The van der Waals surface area contributed by atoms with Crippen LogP contribution in [0.15, 0.2) is 84.9 Å². The SMILES string of the molecule is O=C1CC(c2ccc(Cl)cc2)Nc2cc(-c3ccc(F)cc3)cc(-c3ccc(F)cc3)c21. The van der Waals surface area contributed by atoms with Crippen LogP contribution in [0.1, 0.15) is 28.4 Å². The fourth-order valence-electron chi connectivity index (χ4n) is 4.14. The molecule has 1 aliphatic heterocycles. The molecule has 0 amide bonds. The van der Waals surface area contributed by atoms with Crippen LogP contribution in [-0.2, 0) is 0 Å². The van der Waals surface area contributed by atoms with Crippen LogP contribution in [0.5, 0.6) is 0 Å². The van der Waals surface area contributed by atoms with E-state index in [0.29, 0.717) is 28.3 Å². The number of benzene rings is 4. The summed E-state index contributed by atoms with van der Waals surface area (Å²) in [5, 5.41) is 4.13. The summed E-state index contributed by atoms with van der Waals surface area (Å²) in [6.07, 6.45) is 0.290. The van der Waals surface area contributed by atoms with Gasteiger partial charge in [0.25, 0.3) is 0 Å². The molecule has 1 heterocycles. The van der Waals surface area contributed by atoms with Gasteiger partial charge in [-0.15, -0.1) is 0 Å². The lowest BCUT2D eigenvalue weighted by molar-refractivity contribution is 0.0973. The van der Waals surface area contributed by atoms with Gasteiger partial charge < -0.3 is 5.32 Å². The molecule has 0 radical (unpaired) electrons. The monoisotopic (exact) mass is 445 g/mol. The van der Waals surface area contributed by atoms with Gasteiger partial charge in [0.05, 0.1) is 6.04 Å². The predicted molar refractivity (Wildman–Crippen MR) is 124 cm³/mol. The fourth-order valence-corrected chi connectivity index (χ4v) is 4.27. The highest BCUT2D eigenvalue weighted by atomic mass is 35.5. The summed E-state index contributed by atoms with van der Waals surface area (Å²) in [7, 11) is 0. The van der Waals surface area contributed by atoms with E-state index in [0.717, 1.165) is 22.3 Å². The van der Waals surface area contributed by atoms with Crippen LogP contribution >= 0.6 is 11.6 Å². The highest BCUT2D eigenvalue weighted by molar-refractivity contribution is 6.30. The van der Waals surface area contributed by atoms with Gasteiger partial charge in [0.1, 0.15) is 11.6 Å². The van der Waals surface area contributed by atoms with Crippen LogP contribution in [0, 0.1) is 11.6 Å². The average molecular weight is 446 g/mol. The van der Waals surface area contributed by atoms with E-state index in [4.69, 9.17) is 11.6 Å². The number of anilines is 1. The van der Waals surface area contributed by atoms with Crippen molar-refractivity contribution < 1.29 is 13.6 Å². The van der Waals surface area contributed by atoms with Crippen molar-refractivity contribution in [1.29, 1.82) is 0 Å². The molecule has 0 saturated carbocycles. The molecule has 0 aromatic heterocycles. The lowest BCUT2D eigenvalue weighted by Crippen LogP contribution is -2.23. The van der Waals surface area contributed by atoms with Gasteiger partial charge in [-0.1, -0.05) is 48.0 Å². The van der Waals surface area contributed by atoms with Crippen molar-refractivity contribution in [2.24, 2.45) is 0 Å². The minimum absolute atomic E-state index is 0.00341. The van der Waals surface area contributed by atoms with Crippen molar-refractivity contribution in [3.63, 3.8) is 0 Å². The largest absolute Gasteiger partial charge is 0.377 e. The first-order chi connectivity index (χ1) is 15.5. The maximum absolute atomic E-state index is 13.5. The Balaban J connectivity index is 1.66. The molecule has 0 saturated heterocycles. The van der Waals surface area contributed by atoms with Gasteiger partial charge in [-0.2, -0.15) is 0 Å². The predicted octanol–water partition coefficient (Wildman–Crippen LogP) is 7.69. The number of hydrogen-bond donors (Lipinski definition) is 1. The number of rotatable bonds is 3. The van der Waals surface area contributed by atoms with Crippen molar-refractivity contribution in [3.05, 3.63) is 113 Å². The second kappa shape index (κ2) is 8.21. The van der Waals surface area contributed by atoms with Crippen molar-refractivity contribution in [2.45, 2.75) is 12.5 Å². The van der Waals surface area contributed by atoms with Crippen LogP contribution in [0.25, 0.3) is 22.3 Å². The topological polar surface area (TPSA) is 29.1 Å². The Labute approximate surface area is 189 Å². The second-order valence-corrected chi connectivity index (χ2v) is 8.27. The first-order valence-electron chi connectivity index (χ1n) is 10.2. The zero-order chi connectivity index (χ0) is 22.2. The van der Waals surface area contributed by atoms with Gasteiger partial charge in [-0.05, 0) is 76.3 Å². The van der Waals surface area contributed by atoms with E-state index in [9.17, 15) is 13.6 Å². The first kappa shape index (κ1) is 20.4. The minimum Gasteiger partial charge on any atom is -0.377 e. The summed E-state index contributed by atoms with van der Waals surface area (Å²) >= 11 is 6.02. The standard InChI is InChI=1S/C27H18ClF2NO/c28-20-7-1-18(2-8-20)24-15-26(32)27-23(17-5-11-22(30)12-6-17)13-19(14-25(27)31-24)16-3-9-21(29)10-4-16/h1-14,24,31H,15H2. The maximum atomic E-state index is 13.5. The molecule has 32 heavy (non-hydrogen) atoms. The van der Waals surface area contributed by atoms with Crippen molar-refractivity contribution in [3.8, 4) is 22.3 Å². The van der Waals surface area contributed by atoms with Crippen molar-refractivity contribution in [1.82, 2.24) is 0 Å². The number of ketones is 1. The molecule has 0 bridgehead atoms. The van der Waals surface area contributed by atoms with Crippen LogP contribution in [0.4, 0.5) is 14.5 Å². The van der Waals surface area contributed by atoms with Gasteiger partial charge in [0.2, 0.25) is 0 Å². The highest BCUT2D eigenvalue weighted by Crippen LogP contribution is 2.41. The summed E-state index contributed by atoms with van der Waals surface area (Å²) in [5.74, 6) is -0.658. The summed E-state index contributed by atoms with van der Waals surface area (Å²) in [6, 6.07) is 23.3. The average Bonchev–Trinajstić information content (AvgIpc) is 2.79. The fraction of sp³-hybridized carbons (Fsp3) is 0.0741. The molecule has 1 unspecified atom stereocenters. The van der Waals surface area contributed by atoms with Crippen LogP contribution < -0.4 is 5.32 Å². The first-order valence-corrected chi connectivity index (χ1v) is 10.6. The Kier molecular flexibility index (Phi) is 5.24. The van der Waals surface area contributed by atoms with E-state index < -0.39 is 0 Å². The number of carbonyl (C=O) groups is 1. The van der Waals surface area contributed by atoms with E-state index in [-0.39, 0.29) is 23.5 Å². The van der Waals surface area contributed by atoms with E-state index in [2.05, 4.69) is 5.32 Å². The molecule has 1 N–H and O–H groups in total. The highest BCUT2D eigenvalue weighted by Gasteiger charge is 2.29. The van der Waals surface area contributed by atoms with E-state index in [1.807, 2.05) is 24.3 Å². The van der Waals surface area contributed by atoms with Gasteiger partial charge in [-0.25, -0.2) is 8.78 Å². The molecular formula is C27H18ClF2NO. The van der Waals surface area contributed by atoms with Gasteiger partial charge in [0, 0.05) is 22.7 Å². The Bertz CT molecular complexity index is 1300. The van der Waals surface area contributed by atoms with E-state index in [1.165, 1.54) is 24.3 Å². The van der Waals surface area contributed by atoms with Crippen molar-refractivity contribution >= 4 is 23.1 Å². The number of halogens is 3. The summed E-state index contributed by atoms with van der Waals surface area (Å²) in [5.41, 5.74) is 5.35. The third-order valence-corrected chi connectivity index (χ3v) is 5.99. The Morgan fingerprint density at radius 1 is 0.750 bits per heavy atom. The zero-order valence-electron chi connectivity index (χ0n) is 16.9. The normalized spacial score (nSPS) is 15.2. The van der Waals surface area contributed by atoms with Gasteiger partial charge >= 0.3 is 0 Å². The lowest BCUT2D eigenvalue weighted by atomic mass is 9.85. The smallest absolute Gasteiger partial charge is 0.167 e. The molecule has 0 fully saturated rings. The Hall–Kier alpha value is -3.50. The quantitative estimate of drug-likeness (QED) is 0.350. The maximum Gasteiger partial charge on any atom is 0.167 e. The van der Waals surface area contributed by atoms with Gasteiger partial charge in [-0.3, -0.25) is 4.79 Å². The number of nitrogens with one attached hydrogen (secondary N) is 1. The van der Waals surface area contributed by atoms with Crippen LogP contribution in [0.2, 0.25) is 5.02 Å². The summed E-state index contributed by atoms with van der Waals surface area (Å²) in [4.78, 5) is 13.3.